The Morgan fingerprint density at radius 2 is 1.89 bits per heavy atom. The second-order valence-corrected chi connectivity index (χ2v) is 15.0. The number of rotatable bonds is 14. The van der Waals surface area contributed by atoms with Crippen molar-refractivity contribution >= 4 is 12.0 Å². The Morgan fingerprint density at radius 3 is 2.73 bits per heavy atom. The van der Waals surface area contributed by atoms with Crippen molar-refractivity contribution in [2.24, 2.45) is 16.6 Å². The summed E-state index contributed by atoms with van der Waals surface area (Å²) < 4.78 is 12.6. The van der Waals surface area contributed by atoms with Crippen molar-refractivity contribution < 1.29 is 29.6 Å². The van der Waals surface area contributed by atoms with Crippen LogP contribution in [0.2, 0.25) is 0 Å². The van der Waals surface area contributed by atoms with Crippen molar-refractivity contribution in [1.82, 2.24) is 10.2 Å². The van der Waals surface area contributed by atoms with Gasteiger partial charge in [-0.1, -0.05) is 85.7 Å². The minimum absolute atomic E-state index is 0.00468. The van der Waals surface area contributed by atoms with Crippen molar-refractivity contribution in [2.45, 2.75) is 95.4 Å². The molecule has 0 saturated heterocycles. The predicted molar refractivity (Wildman–Crippen MR) is 215 cm³/mol. The van der Waals surface area contributed by atoms with Gasteiger partial charge in [0.05, 0.1) is 30.0 Å². The number of aliphatic hydroxyl groups excluding tert-OH is 3. The molecule has 0 aromatic heterocycles. The van der Waals surface area contributed by atoms with Crippen LogP contribution in [0.3, 0.4) is 0 Å². The highest BCUT2D eigenvalue weighted by Gasteiger charge is 2.35. The Hall–Kier alpha value is -5.20. The minimum atomic E-state index is -1.06. The molecular weight excluding hydrogens is 705 g/mol. The molecule has 3 aromatic carbocycles. The van der Waals surface area contributed by atoms with Gasteiger partial charge in [0, 0.05) is 50.3 Å². The molecule has 0 fully saturated rings. The maximum atomic E-state index is 12.8. The van der Waals surface area contributed by atoms with Crippen LogP contribution in [-0.4, -0.2) is 63.7 Å². The van der Waals surface area contributed by atoms with Crippen LogP contribution in [0.1, 0.15) is 85.5 Å². The molecule has 4 aliphatic rings. The third kappa shape index (κ3) is 9.59. The summed E-state index contributed by atoms with van der Waals surface area (Å²) in [7, 11) is 0. The van der Waals surface area contributed by atoms with Gasteiger partial charge in [0.2, 0.25) is 0 Å². The molecule has 0 aliphatic carbocycles. The summed E-state index contributed by atoms with van der Waals surface area (Å²) >= 11 is 0. The third-order valence-electron chi connectivity index (χ3n) is 10.7. The lowest BCUT2D eigenvalue weighted by Crippen LogP contribution is -2.41. The number of ketones is 1. The average molecular weight is 755 g/mol. The van der Waals surface area contributed by atoms with Gasteiger partial charge in [-0.25, -0.2) is 0 Å². The van der Waals surface area contributed by atoms with E-state index in [1.54, 1.807) is 6.07 Å². The highest BCUT2D eigenvalue weighted by atomic mass is 16.5. The van der Waals surface area contributed by atoms with Gasteiger partial charge < -0.3 is 35.4 Å². The highest BCUT2D eigenvalue weighted by Crippen LogP contribution is 2.38. The van der Waals surface area contributed by atoms with E-state index in [2.05, 4.69) is 52.3 Å². The number of benzene rings is 3. The predicted octanol–water partition coefficient (Wildman–Crippen LogP) is 5.18. The van der Waals surface area contributed by atoms with Gasteiger partial charge >= 0.3 is 0 Å². The van der Waals surface area contributed by atoms with E-state index in [1.807, 2.05) is 61.8 Å². The number of fused-ring (bicyclic) bond motifs is 5. The number of nitrogens with one attached hydrogen (secondary N) is 1. The number of hydrogen-bond acceptors (Lipinski definition) is 10. The van der Waals surface area contributed by atoms with E-state index < -0.39 is 30.5 Å². The SMILES string of the molecule is CCC[C@H](O)C[C@@H](O)CC(=O)CCc1ccc2c(c1)O[C@@H]1[C@H](C#C[C@@H](O)c3ccc([C@H](N)NCCc4ccccc4)cc3CC3=C4CN1C=C4N=C3)CC#CO2. The fourth-order valence-corrected chi connectivity index (χ4v) is 7.66. The van der Waals surface area contributed by atoms with E-state index in [9.17, 15) is 20.1 Å². The van der Waals surface area contributed by atoms with E-state index in [0.29, 0.717) is 43.7 Å². The molecule has 4 heterocycles. The van der Waals surface area contributed by atoms with Crippen molar-refractivity contribution in [3.05, 3.63) is 118 Å². The highest BCUT2D eigenvalue weighted by molar-refractivity contribution is 5.87. The van der Waals surface area contributed by atoms with Crippen LogP contribution in [0.4, 0.5) is 0 Å². The van der Waals surface area contributed by atoms with Crippen LogP contribution in [-0.2, 0) is 24.1 Å². The van der Waals surface area contributed by atoms with Crippen molar-refractivity contribution in [1.29, 1.82) is 0 Å². The fourth-order valence-electron chi connectivity index (χ4n) is 7.66. The van der Waals surface area contributed by atoms with E-state index >= 15 is 0 Å². The van der Waals surface area contributed by atoms with Gasteiger partial charge in [0.15, 0.2) is 17.7 Å². The maximum Gasteiger partial charge on any atom is 0.187 e. The van der Waals surface area contributed by atoms with Gasteiger partial charge in [-0.2, -0.15) is 0 Å². The van der Waals surface area contributed by atoms with Crippen LogP contribution < -0.4 is 20.5 Å². The number of Topliss-reactive ketones (excluding diaryl/α,β-unsaturated/α-hetero) is 1. The Balaban J connectivity index is 1.11. The molecule has 10 heteroatoms. The van der Waals surface area contributed by atoms with E-state index in [4.69, 9.17) is 20.2 Å². The Labute approximate surface area is 329 Å². The second-order valence-electron chi connectivity index (χ2n) is 15.0. The molecule has 4 aliphatic heterocycles. The average Bonchev–Trinajstić information content (AvgIpc) is 3.79. The lowest BCUT2D eigenvalue weighted by Gasteiger charge is -2.32. The Morgan fingerprint density at radius 1 is 1.04 bits per heavy atom. The molecule has 0 saturated carbocycles. The first kappa shape index (κ1) is 39.1. The summed E-state index contributed by atoms with van der Waals surface area (Å²) in [6, 6.07) is 21.8. The molecule has 0 spiro atoms. The number of carbonyl (C=O) groups excluding carboxylic acids is 1. The fraction of sp³-hybridized carbons (Fsp3) is 0.391. The quantitative estimate of drug-likeness (QED) is 0.111. The number of aryl methyl sites for hydroxylation is 1. The summed E-state index contributed by atoms with van der Waals surface area (Å²) in [5.74, 6) is 9.99. The maximum absolute atomic E-state index is 12.8. The zero-order valence-corrected chi connectivity index (χ0v) is 31.8. The summed E-state index contributed by atoms with van der Waals surface area (Å²) in [5.41, 5.74) is 14.4. The number of aliphatic hydroxyl groups is 3. The molecule has 3 aromatic rings. The number of allylic oxidation sites excluding steroid dienone is 1. The molecule has 0 unspecified atom stereocenters. The first-order valence-electron chi connectivity index (χ1n) is 19.6. The van der Waals surface area contributed by atoms with Gasteiger partial charge in [-0.3, -0.25) is 15.1 Å². The largest absolute Gasteiger partial charge is 0.465 e. The number of nitrogens with zero attached hydrogens (tertiary/aromatic N) is 2. The van der Waals surface area contributed by atoms with Gasteiger partial charge in [0.25, 0.3) is 0 Å². The number of carbonyl (C=O) groups is 1. The van der Waals surface area contributed by atoms with E-state index in [-0.39, 0.29) is 31.2 Å². The van der Waals surface area contributed by atoms with Crippen LogP contribution in [0.15, 0.2) is 94.8 Å². The molecule has 56 heavy (non-hydrogen) atoms. The minimum Gasteiger partial charge on any atom is -0.465 e. The molecule has 7 rings (SSSR count). The van der Waals surface area contributed by atoms with Gasteiger partial charge in [-0.05, 0) is 77.6 Å². The number of nitrogens with two attached hydrogens (primary N) is 1. The summed E-state index contributed by atoms with van der Waals surface area (Å²) in [4.78, 5) is 19.6. The topological polar surface area (TPSA) is 150 Å². The van der Waals surface area contributed by atoms with Crippen LogP contribution >= 0.6 is 0 Å². The number of aliphatic imine (C=N–C) groups is 1. The molecule has 6 atom stereocenters. The molecule has 0 amide bonds. The second kappa shape index (κ2) is 18.2. The first-order valence-corrected chi connectivity index (χ1v) is 19.6. The smallest absolute Gasteiger partial charge is 0.187 e. The van der Waals surface area contributed by atoms with Crippen LogP contribution in [0.25, 0.3) is 0 Å². The first-order chi connectivity index (χ1) is 27.2. The molecular formula is C46H50N4O6. The van der Waals surface area contributed by atoms with E-state index in [0.717, 1.165) is 58.5 Å². The van der Waals surface area contributed by atoms with Gasteiger partial charge in [0.1, 0.15) is 18.0 Å². The molecule has 10 nitrogen and oxygen atoms in total. The third-order valence-corrected chi connectivity index (χ3v) is 10.7. The van der Waals surface area contributed by atoms with Crippen molar-refractivity contribution in [3.63, 3.8) is 0 Å². The zero-order valence-electron chi connectivity index (χ0n) is 31.8. The lowest BCUT2D eigenvalue weighted by molar-refractivity contribution is -0.121. The summed E-state index contributed by atoms with van der Waals surface area (Å²) in [6.07, 6.45) is 7.25. The molecule has 0 radical (unpaired) electrons. The van der Waals surface area contributed by atoms with E-state index in [1.165, 1.54) is 5.56 Å². The standard InChI is InChI=1S/C46H50N4O6/c1-2-7-36(51)25-38(53)26-37(52)15-11-31-12-18-43-44(22-31)56-46-32(10-6-21-55-43)14-17-42(54)39-16-13-33(45(47)48-20-19-30-8-4-3-5-9-30)23-34(39)24-35-27-49-41-29-50(46)28-40(35)41/h3-5,8-9,12-13,16,18,22-23,27,29,32,36,38,42,45-46,48,51,53-54H,2,7,10-11,15,19-20,24-26,28,47H2,1H3/t32-,36-,38+,42+,45+,46+/m0/s1. The Bertz CT molecular complexity index is 2120. The normalized spacial score (nSPS) is 20.9. The lowest BCUT2D eigenvalue weighted by atomic mass is 9.92. The number of hydrogen-bond donors (Lipinski definition) is 5. The molecule has 290 valence electrons. The molecule has 6 N–H and O–H groups in total. The summed E-state index contributed by atoms with van der Waals surface area (Å²) in [6.45, 7) is 3.25. The Kier molecular flexibility index (Phi) is 12.7. The summed E-state index contributed by atoms with van der Waals surface area (Å²) in [5, 5.41) is 35.4. The monoisotopic (exact) mass is 754 g/mol. The van der Waals surface area contributed by atoms with Crippen LogP contribution in [0, 0.1) is 29.8 Å². The van der Waals surface area contributed by atoms with Crippen molar-refractivity contribution in [2.75, 3.05) is 13.1 Å². The van der Waals surface area contributed by atoms with Crippen LogP contribution in [0.5, 0.6) is 11.5 Å². The molecule has 2 bridgehead atoms. The van der Waals surface area contributed by atoms with Gasteiger partial charge in [-0.15, -0.1) is 0 Å². The van der Waals surface area contributed by atoms with Crippen molar-refractivity contribution in [3.8, 4) is 35.4 Å². The number of ether oxygens (including phenoxy) is 2. The zero-order chi connectivity index (χ0) is 39.0.